The summed E-state index contributed by atoms with van der Waals surface area (Å²) < 4.78 is 53.0. The largest absolute Gasteiger partial charge is 0.454 e. The quantitative estimate of drug-likeness (QED) is 0.405. The first-order valence-electron chi connectivity index (χ1n) is 8.37. The van der Waals surface area contributed by atoms with Crippen molar-refractivity contribution in [3.63, 3.8) is 0 Å². The van der Waals surface area contributed by atoms with E-state index in [-0.39, 0.29) is 22.4 Å². The van der Waals surface area contributed by atoms with Gasteiger partial charge in [0, 0.05) is 6.92 Å². The summed E-state index contributed by atoms with van der Waals surface area (Å²) in [6.07, 6.45) is -4.64. The molecule has 0 spiro atoms. The van der Waals surface area contributed by atoms with Crippen molar-refractivity contribution < 1.29 is 22.3 Å². The van der Waals surface area contributed by atoms with Gasteiger partial charge in [-0.3, -0.25) is 0 Å². The minimum atomic E-state index is -4.64. The fourth-order valence-corrected chi connectivity index (χ4v) is 9.08. The van der Waals surface area contributed by atoms with E-state index in [1.165, 1.54) is 12.1 Å². The van der Waals surface area contributed by atoms with Gasteiger partial charge in [0.15, 0.2) is 0 Å². The zero-order valence-electron chi connectivity index (χ0n) is 15.6. The van der Waals surface area contributed by atoms with Crippen LogP contribution in [0.4, 0.5) is 13.2 Å². The van der Waals surface area contributed by atoms with Crippen LogP contribution >= 0.6 is 0 Å². The molecule has 6 heteroatoms. The second-order valence-electron chi connectivity index (χ2n) is 7.28. The summed E-state index contributed by atoms with van der Waals surface area (Å²) in [7, 11) is -2.77. The number of hydrogen-bond acceptors (Lipinski definition) is 2. The highest BCUT2D eigenvalue weighted by Crippen LogP contribution is 2.48. The zero-order chi connectivity index (χ0) is 18.8. The van der Waals surface area contributed by atoms with Gasteiger partial charge < -0.3 is 9.16 Å². The molecule has 0 fully saturated rings. The molecule has 0 aliphatic rings. The van der Waals surface area contributed by atoms with Crippen LogP contribution in [0.3, 0.4) is 0 Å². The van der Waals surface area contributed by atoms with Crippen molar-refractivity contribution in [1.82, 2.24) is 0 Å². The van der Waals surface area contributed by atoms with E-state index in [9.17, 15) is 13.2 Å². The molecule has 0 heterocycles. The van der Waals surface area contributed by atoms with Crippen LogP contribution in [0, 0.1) is 0 Å². The Morgan fingerprint density at radius 2 is 1.25 bits per heavy atom. The lowest BCUT2D eigenvalue weighted by Gasteiger charge is -2.48. The van der Waals surface area contributed by atoms with Crippen LogP contribution < -0.4 is 4.74 Å². The first-order chi connectivity index (χ1) is 10.9. The Kier molecular flexibility index (Phi) is 6.55. The van der Waals surface area contributed by atoms with Gasteiger partial charge in [-0.25, -0.2) is 0 Å². The van der Waals surface area contributed by atoms with Crippen molar-refractivity contribution in [2.24, 2.45) is 0 Å². The lowest BCUT2D eigenvalue weighted by molar-refractivity contribution is -0.319. The van der Waals surface area contributed by atoms with Crippen molar-refractivity contribution in [2.45, 2.75) is 77.1 Å². The van der Waals surface area contributed by atoms with Gasteiger partial charge in [0.2, 0.25) is 8.32 Å². The summed E-state index contributed by atoms with van der Waals surface area (Å²) in [5.41, 5.74) is 0.0793. The Hall–Kier alpha value is -1.01. The fraction of sp³-hybridized carbons (Fsp3) is 0.667. The summed E-state index contributed by atoms with van der Waals surface area (Å²) >= 11 is 0. The fourth-order valence-electron chi connectivity index (χ4n) is 3.54. The summed E-state index contributed by atoms with van der Waals surface area (Å²) in [6.45, 7) is 12.7. The Balaban J connectivity index is 3.34. The van der Waals surface area contributed by atoms with Crippen LogP contribution in [0.1, 0.15) is 48.5 Å². The van der Waals surface area contributed by atoms with Gasteiger partial charge in [-0.15, -0.1) is 0 Å². The van der Waals surface area contributed by atoms with Gasteiger partial charge in [-0.2, -0.15) is 13.2 Å². The minimum absolute atomic E-state index is 0.0264. The molecule has 0 aliphatic heterocycles. The lowest BCUT2D eigenvalue weighted by atomic mass is 10.3. The molecule has 0 amide bonds. The number of hydrogen-bond donors (Lipinski definition) is 0. The predicted molar refractivity (Wildman–Crippen MR) is 93.7 cm³/mol. The topological polar surface area (TPSA) is 18.5 Å². The van der Waals surface area contributed by atoms with E-state index in [4.69, 9.17) is 9.16 Å². The molecule has 1 rings (SSSR count). The van der Waals surface area contributed by atoms with Gasteiger partial charge in [0.1, 0.15) is 5.75 Å². The average Bonchev–Trinajstić information content (AvgIpc) is 2.43. The molecule has 0 N–H and O–H groups in total. The first-order valence-corrected chi connectivity index (χ1v) is 10.5. The number of halogens is 3. The summed E-state index contributed by atoms with van der Waals surface area (Å²) in [5.74, 6) is -2.52. The third-order valence-corrected chi connectivity index (χ3v) is 10.8. The standard InChI is InChI=1S/C18H29F3O2Si/c1-13(2)24(14(3)4,15(5)6)23-17(7,18(19,20)21)22-16-11-9-8-10-12-16/h8-15H,1-7H3. The van der Waals surface area contributed by atoms with Crippen molar-refractivity contribution in [3.8, 4) is 5.75 Å². The molecule has 1 aromatic carbocycles. The molecule has 0 saturated heterocycles. The second-order valence-corrected chi connectivity index (χ2v) is 12.7. The number of alkyl halides is 3. The van der Waals surface area contributed by atoms with E-state index >= 15 is 0 Å². The third kappa shape index (κ3) is 4.14. The highest BCUT2D eigenvalue weighted by atomic mass is 28.4. The molecule has 24 heavy (non-hydrogen) atoms. The molecule has 1 unspecified atom stereocenters. The van der Waals surface area contributed by atoms with Crippen molar-refractivity contribution >= 4 is 8.32 Å². The molecule has 0 radical (unpaired) electrons. The third-order valence-electron chi connectivity index (χ3n) is 4.65. The molecular weight excluding hydrogens is 333 g/mol. The molecular formula is C18H29F3O2Si. The Morgan fingerprint density at radius 1 is 0.833 bits per heavy atom. The summed E-state index contributed by atoms with van der Waals surface area (Å²) in [5, 5.41) is 0. The summed E-state index contributed by atoms with van der Waals surface area (Å²) in [4.78, 5) is 0. The number of rotatable bonds is 7. The van der Waals surface area contributed by atoms with Gasteiger partial charge in [0.05, 0.1) is 0 Å². The van der Waals surface area contributed by atoms with E-state index in [1.807, 2.05) is 41.5 Å². The molecule has 0 saturated carbocycles. The monoisotopic (exact) mass is 362 g/mol. The smallest absolute Gasteiger partial charge is 0.454 e. The molecule has 1 aromatic rings. The lowest BCUT2D eigenvalue weighted by Crippen LogP contribution is -2.61. The maximum absolute atomic E-state index is 13.9. The maximum atomic E-state index is 13.9. The molecule has 0 aliphatic carbocycles. The summed E-state index contributed by atoms with van der Waals surface area (Å²) in [6, 6.07) is 8.04. The Morgan fingerprint density at radius 3 is 1.58 bits per heavy atom. The van der Waals surface area contributed by atoms with Crippen LogP contribution in [0.2, 0.25) is 16.6 Å². The van der Waals surface area contributed by atoms with Gasteiger partial charge in [-0.1, -0.05) is 59.7 Å². The second kappa shape index (κ2) is 7.48. The van der Waals surface area contributed by atoms with E-state index in [0.717, 1.165) is 6.92 Å². The predicted octanol–water partition coefficient (Wildman–Crippen LogP) is 6.54. The van der Waals surface area contributed by atoms with E-state index in [0.29, 0.717) is 0 Å². The Bertz CT molecular complexity index is 493. The van der Waals surface area contributed by atoms with Crippen LogP contribution in [-0.2, 0) is 4.43 Å². The van der Waals surface area contributed by atoms with Crippen molar-refractivity contribution in [3.05, 3.63) is 30.3 Å². The number of benzene rings is 1. The van der Waals surface area contributed by atoms with Gasteiger partial charge in [-0.05, 0) is 28.8 Å². The van der Waals surface area contributed by atoms with Crippen molar-refractivity contribution in [2.75, 3.05) is 0 Å². The van der Waals surface area contributed by atoms with E-state index < -0.39 is 20.3 Å². The normalized spacial score (nSPS) is 15.9. The first kappa shape index (κ1) is 21.0. The van der Waals surface area contributed by atoms with E-state index in [1.54, 1.807) is 18.2 Å². The molecule has 1 atom stereocenters. The van der Waals surface area contributed by atoms with Crippen LogP contribution in [0.5, 0.6) is 5.75 Å². The SMILES string of the molecule is CC(C)[Si](OC(C)(Oc1ccccc1)C(F)(F)F)(C(C)C)C(C)C. The molecule has 2 nitrogen and oxygen atoms in total. The molecule has 0 aromatic heterocycles. The van der Waals surface area contributed by atoms with Crippen LogP contribution in [-0.4, -0.2) is 20.3 Å². The van der Waals surface area contributed by atoms with Crippen LogP contribution in [0.15, 0.2) is 30.3 Å². The maximum Gasteiger partial charge on any atom is 0.454 e. The highest BCUT2D eigenvalue weighted by molar-refractivity contribution is 6.77. The number of para-hydroxylation sites is 1. The Labute approximate surface area is 144 Å². The van der Waals surface area contributed by atoms with Gasteiger partial charge in [0.25, 0.3) is 5.79 Å². The highest BCUT2D eigenvalue weighted by Gasteiger charge is 2.61. The average molecular weight is 363 g/mol. The molecule has 138 valence electrons. The van der Waals surface area contributed by atoms with Crippen molar-refractivity contribution in [1.29, 1.82) is 0 Å². The number of ether oxygens (including phenoxy) is 1. The van der Waals surface area contributed by atoms with Crippen LogP contribution in [0.25, 0.3) is 0 Å². The molecule has 0 bridgehead atoms. The van der Waals surface area contributed by atoms with E-state index in [2.05, 4.69) is 0 Å². The zero-order valence-corrected chi connectivity index (χ0v) is 16.6. The minimum Gasteiger partial charge on any atom is -0.454 e. The van der Waals surface area contributed by atoms with Gasteiger partial charge >= 0.3 is 6.18 Å².